The van der Waals surface area contributed by atoms with Crippen LogP contribution in [0.15, 0.2) is 18.2 Å². The van der Waals surface area contributed by atoms with Crippen molar-refractivity contribution in [2.24, 2.45) is 5.92 Å². The van der Waals surface area contributed by atoms with Crippen molar-refractivity contribution in [3.8, 4) is 11.5 Å². The number of hydrogen-bond donors (Lipinski definition) is 4. The van der Waals surface area contributed by atoms with Crippen molar-refractivity contribution in [1.29, 1.82) is 0 Å². The van der Waals surface area contributed by atoms with Crippen molar-refractivity contribution >= 4 is 5.91 Å². The number of rotatable bonds is 6. The van der Waals surface area contributed by atoms with Crippen LogP contribution in [0.25, 0.3) is 0 Å². The van der Waals surface area contributed by atoms with Gasteiger partial charge in [0.25, 0.3) is 5.91 Å². The highest BCUT2D eigenvalue weighted by molar-refractivity contribution is 5.95. The summed E-state index contributed by atoms with van der Waals surface area (Å²) in [5.74, 6) is 1.52. The molecule has 0 radical (unpaired) electrons. The van der Waals surface area contributed by atoms with E-state index >= 15 is 0 Å². The summed E-state index contributed by atoms with van der Waals surface area (Å²) < 4.78 is 10.7. The molecule has 7 nitrogen and oxygen atoms in total. The van der Waals surface area contributed by atoms with E-state index in [0.717, 1.165) is 19.3 Å². The highest BCUT2D eigenvalue weighted by Crippen LogP contribution is 2.31. The second kappa shape index (κ2) is 8.03. The van der Waals surface area contributed by atoms with Gasteiger partial charge in [-0.25, -0.2) is 0 Å². The largest absolute Gasteiger partial charge is 0.493 e. The molecule has 4 atom stereocenters. The molecule has 1 aliphatic heterocycles. The Hall–Kier alpha value is -1.83. The lowest BCUT2D eigenvalue weighted by molar-refractivity contribution is 0.0917. The fourth-order valence-electron chi connectivity index (χ4n) is 3.79. The summed E-state index contributed by atoms with van der Waals surface area (Å²) in [5.41, 5.74) is 7.16. The summed E-state index contributed by atoms with van der Waals surface area (Å²) in [4.78, 5) is 12.6. The third-order valence-corrected chi connectivity index (χ3v) is 5.15. The average Bonchev–Trinajstić information content (AvgIpc) is 3.00. The van der Waals surface area contributed by atoms with Crippen LogP contribution in [0.2, 0.25) is 0 Å². The zero-order valence-electron chi connectivity index (χ0n) is 14.7. The van der Waals surface area contributed by atoms with E-state index < -0.39 is 0 Å². The summed E-state index contributed by atoms with van der Waals surface area (Å²) in [6, 6.07) is 6.15. The number of nitrogens with one attached hydrogen (secondary N) is 3. The Labute approximate surface area is 148 Å². The molecule has 1 aromatic rings. The minimum absolute atomic E-state index is 0.0936. The Bertz CT molecular complexity index is 610. The van der Waals surface area contributed by atoms with Gasteiger partial charge in [-0.05, 0) is 50.3 Å². The van der Waals surface area contributed by atoms with Gasteiger partial charge in [0.1, 0.15) is 6.61 Å². The number of hydrazine groups is 1. The summed E-state index contributed by atoms with van der Waals surface area (Å²) in [5, 5.41) is 12.1. The fraction of sp³-hybridized carbons (Fsp3) is 0.611. The molecule has 0 bridgehead atoms. The fourth-order valence-corrected chi connectivity index (χ4v) is 3.79. The number of amides is 1. The summed E-state index contributed by atoms with van der Waals surface area (Å²) in [6.07, 6.45) is 3.02. The van der Waals surface area contributed by atoms with Crippen molar-refractivity contribution in [3.05, 3.63) is 23.8 Å². The molecule has 25 heavy (non-hydrogen) atoms. The molecule has 4 unspecified atom stereocenters. The number of ether oxygens (including phenoxy) is 2. The van der Waals surface area contributed by atoms with Crippen molar-refractivity contribution in [2.45, 2.75) is 44.3 Å². The van der Waals surface area contributed by atoms with Gasteiger partial charge in [-0.2, -0.15) is 0 Å². The Morgan fingerprint density at radius 1 is 1.32 bits per heavy atom. The van der Waals surface area contributed by atoms with Gasteiger partial charge in [-0.3, -0.25) is 15.6 Å². The van der Waals surface area contributed by atoms with Crippen LogP contribution in [-0.2, 0) is 0 Å². The molecular weight excluding hydrogens is 322 g/mol. The van der Waals surface area contributed by atoms with E-state index in [1.54, 1.807) is 25.3 Å². The van der Waals surface area contributed by atoms with E-state index in [2.05, 4.69) is 23.1 Å². The number of fused-ring (bicyclic) bond motifs is 1. The molecule has 1 aromatic carbocycles. The van der Waals surface area contributed by atoms with Crippen LogP contribution in [0, 0.1) is 5.92 Å². The number of benzene rings is 1. The van der Waals surface area contributed by atoms with Gasteiger partial charge in [-0.1, -0.05) is 0 Å². The molecule has 138 valence electrons. The monoisotopic (exact) mass is 349 g/mol. The van der Waals surface area contributed by atoms with Crippen LogP contribution in [0.3, 0.4) is 0 Å². The molecule has 1 heterocycles. The quantitative estimate of drug-likeness (QED) is 0.608. The molecule has 0 spiro atoms. The van der Waals surface area contributed by atoms with Crippen molar-refractivity contribution in [3.63, 3.8) is 0 Å². The topological polar surface area (TPSA) is 91.9 Å². The maximum absolute atomic E-state index is 12.6. The molecule has 4 N–H and O–H groups in total. The minimum atomic E-state index is -0.112. The number of aliphatic hydroxyl groups excluding tert-OH is 1. The first-order valence-corrected chi connectivity index (χ1v) is 8.86. The van der Waals surface area contributed by atoms with Crippen molar-refractivity contribution < 1.29 is 19.4 Å². The molecule has 1 saturated carbocycles. The van der Waals surface area contributed by atoms with E-state index in [-0.39, 0.29) is 25.2 Å². The lowest BCUT2D eigenvalue weighted by atomic mass is 9.80. The predicted molar refractivity (Wildman–Crippen MR) is 93.7 cm³/mol. The molecule has 1 amide bonds. The first kappa shape index (κ1) is 18.0. The van der Waals surface area contributed by atoms with E-state index in [0.29, 0.717) is 35.1 Å². The lowest BCUT2D eigenvalue weighted by Gasteiger charge is -2.32. The lowest BCUT2D eigenvalue weighted by Crippen LogP contribution is -2.45. The average molecular weight is 349 g/mol. The second-order valence-electron chi connectivity index (χ2n) is 6.77. The summed E-state index contributed by atoms with van der Waals surface area (Å²) in [7, 11) is 1.54. The normalized spacial score (nSPS) is 28.3. The summed E-state index contributed by atoms with van der Waals surface area (Å²) in [6.45, 7) is 2.26. The number of carbonyl (C=O) groups is 1. The van der Waals surface area contributed by atoms with Crippen LogP contribution in [0.1, 0.15) is 36.5 Å². The van der Waals surface area contributed by atoms with Crippen LogP contribution >= 0.6 is 0 Å². The molecule has 1 saturated heterocycles. The number of aliphatic hydroxyl groups is 1. The second-order valence-corrected chi connectivity index (χ2v) is 6.77. The van der Waals surface area contributed by atoms with Gasteiger partial charge < -0.3 is 19.9 Å². The molecular formula is C18H27N3O4. The molecule has 3 rings (SSSR count). The maximum atomic E-state index is 12.6. The number of hydrogen-bond acceptors (Lipinski definition) is 6. The highest BCUT2D eigenvalue weighted by Gasteiger charge is 2.38. The zero-order chi connectivity index (χ0) is 17.8. The minimum Gasteiger partial charge on any atom is -0.493 e. The maximum Gasteiger partial charge on any atom is 0.251 e. The Morgan fingerprint density at radius 3 is 2.92 bits per heavy atom. The van der Waals surface area contributed by atoms with E-state index in [1.165, 1.54) is 0 Å². The Kier molecular flexibility index (Phi) is 5.78. The summed E-state index contributed by atoms with van der Waals surface area (Å²) >= 11 is 0. The molecule has 0 aromatic heterocycles. The van der Waals surface area contributed by atoms with Crippen LogP contribution in [0.5, 0.6) is 11.5 Å². The molecule has 7 heteroatoms. The van der Waals surface area contributed by atoms with Gasteiger partial charge in [-0.15, -0.1) is 0 Å². The number of carbonyl (C=O) groups excluding carboxylic acids is 1. The Morgan fingerprint density at radius 2 is 2.16 bits per heavy atom. The molecule has 2 aliphatic rings. The van der Waals surface area contributed by atoms with Gasteiger partial charge in [0.05, 0.1) is 13.7 Å². The molecule has 1 aliphatic carbocycles. The van der Waals surface area contributed by atoms with Crippen molar-refractivity contribution in [1.82, 2.24) is 16.2 Å². The predicted octanol–water partition coefficient (Wildman–Crippen LogP) is 0.830. The van der Waals surface area contributed by atoms with Crippen LogP contribution < -0.4 is 25.6 Å². The standard InChI is InChI=1S/C18H27N3O4/c1-11-14-5-4-13(10-15(14)21-20-11)19-18(23)12-3-6-16(24-2)17(9-12)25-8-7-22/h3,6,9,11,13-15,20-22H,4-5,7-8,10H2,1-2H3,(H,19,23). The van der Waals surface area contributed by atoms with Gasteiger partial charge in [0.15, 0.2) is 11.5 Å². The first-order chi connectivity index (χ1) is 12.1. The van der Waals surface area contributed by atoms with Gasteiger partial charge in [0.2, 0.25) is 0 Å². The van der Waals surface area contributed by atoms with Gasteiger partial charge >= 0.3 is 0 Å². The SMILES string of the molecule is COc1ccc(C(=O)NC2CCC3C(C)NNC3C2)cc1OCCO. The van der Waals surface area contributed by atoms with Crippen LogP contribution in [0.4, 0.5) is 0 Å². The third kappa shape index (κ3) is 4.05. The van der Waals surface area contributed by atoms with Crippen molar-refractivity contribution in [2.75, 3.05) is 20.3 Å². The first-order valence-electron chi connectivity index (χ1n) is 8.86. The number of methoxy groups -OCH3 is 1. The third-order valence-electron chi connectivity index (χ3n) is 5.15. The smallest absolute Gasteiger partial charge is 0.251 e. The molecule has 2 fully saturated rings. The Balaban J connectivity index is 1.63. The van der Waals surface area contributed by atoms with E-state index in [4.69, 9.17) is 14.6 Å². The van der Waals surface area contributed by atoms with Gasteiger partial charge in [0, 0.05) is 23.7 Å². The van der Waals surface area contributed by atoms with Crippen LogP contribution in [-0.4, -0.2) is 49.5 Å². The van der Waals surface area contributed by atoms with E-state index in [9.17, 15) is 4.79 Å². The zero-order valence-corrected chi connectivity index (χ0v) is 14.7. The highest BCUT2D eigenvalue weighted by atomic mass is 16.5. The van der Waals surface area contributed by atoms with E-state index in [1.807, 2.05) is 0 Å².